The first-order valence-corrected chi connectivity index (χ1v) is 7.98. The van der Waals surface area contributed by atoms with Crippen molar-refractivity contribution in [3.63, 3.8) is 0 Å². The minimum absolute atomic E-state index is 0. The van der Waals surface area contributed by atoms with Gasteiger partial charge in [-0.15, -0.1) is 12.4 Å². The van der Waals surface area contributed by atoms with Crippen LogP contribution in [-0.4, -0.2) is 25.7 Å². The number of halogens is 1. The third kappa shape index (κ3) is 2.45. The van der Waals surface area contributed by atoms with E-state index in [9.17, 15) is 0 Å². The van der Waals surface area contributed by atoms with Gasteiger partial charge in [-0.25, -0.2) is 0 Å². The molecular formula is C16H31ClN2. The molecular weight excluding hydrogens is 256 g/mol. The molecule has 1 aliphatic heterocycles. The van der Waals surface area contributed by atoms with Crippen LogP contribution < -0.4 is 10.6 Å². The van der Waals surface area contributed by atoms with Crippen molar-refractivity contribution >= 4 is 12.4 Å². The highest BCUT2D eigenvalue weighted by Crippen LogP contribution is 2.65. The molecule has 0 radical (unpaired) electrons. The van der Waals surface area contributed by atoms with Crippen molar-refractivity contribution in [1.29, 1.82) is 0 Å². The average Bonchev–Trinajstić information content (AvgIpc) is 2.70. The molecule has 2 N–H and O–H groups in total. The maximum Gasteiger partial charge on any atom is 0.0129 e. The Morgan fingerprint density at radius 3 is 2.32 bits per heavy atom. The van der Waals surface area contributed by atoms with Crippen molar-refractivity contribution in [3.8, 4) is 0 Å². The Kier molecular flexibility index (Phi) is 4.55. The molecule has 0 amide bonds. The lowest BCUT2D eigenvalue weighted by molar-refractivity contribution is 0.118. The molecule has 0 aromatic rings. The summed E-state index contributed by atoms with van der Waals surface area (Å²) in [5, 5.41) is 7.41. The van der Waals surface area contributed by atoms with E-state index in [1.54, 1.807) is 0 Å². The highest BCUT2D eigenvalue weighted by atomic mass is 35.5. The summed E-state index contributed by atoms with van der Waals surface area (Å²) < 4.78 is 0. The van der Waals surface area contributed by atoms with Gasteiger partial charge in [-0.1, -0.05) is 20.8 Å². The summed E-state index contributed by atoms with van der Waals surface area (Å²) in [7, 11) is 0. The number of piperidine rings is 1. The summed E-state index contributed by atoms with van der Waals surface area (Å²) in [5.74, 6) is 1.88. The number of hydrogen-bond acceptors (Lipinski definition) is 2. The maximum absolute atomic E-state index is 3.95. The Balaban J connectivity index is 0.00000133. The first-order valence-electron chi connectivity index (χ1n) is 7.98. The monoisotopic (exact) mass is 286 g/mol. The number of rotatable bonds is 3. The van der Waals surface area contributed by atoms with Gasteiger partial charge in [0.05, 0.1) is 0 Å². The van der Waals surface area contributed by atoms with Crippen LogP contribution in [0.5, 0.6) is 0 Å². The molecule has 1 heterocycles. The minimum Gasteiger partial charge on any atom is -0.317 e. The van der Waals surface area contributed by atoms with E-state index in [0.717, 1.165) is 17.9 Å². The molecule has 2 saturated carbocycles. The highest BCUT2D eigenvalue weighted by molar-refractivity contribution is 5.85. The molecule has 3 rings (SSSR count). The van der Waals surface area contributed by atoms with Gasteiger partial charge >= 0.3 is 0 Å². The molecule has 1 saturated heterocycles. The zero-order valence-corrected chi connectivity index (χ0v) is 13.6. The van der Waals surface area contributed by atoms with Crippen molar-refractivity contribution in [3.05, 3.63) is 0 Å². The Morgan fingerprint density at radius 2 is 1.79 bits per heavy atom. The van der Waals surface area contributed by atoms with Crippen molar-refractivity contribution in [2.75, 3.05) is 19.6 Å². The molecule has 2 aliphatic carbocycles. The Hall–Kier alpha value is 0.210. The molecule has 0 aromatic heterocycles. The van der Waals surface area contributed by atoms with Crippen molar-refractivity contribution in [1.82, 2.24) is 10.6 Å². The summed E-state index contributed by atoms with van der Waals surface area (Å²) in [6.45, 7) is 11.3. The molecule has 3 heteroatoms. The van der Waals surface area contributed by atoms with Crippen LogP contribution in [0, 0.1) is 22.7 Å². The van der Waals surface area contributed by atoms with Crippen LogP contribution in [0.3, 0.4) is 0 Å². The van der Waals surface area contributed by atoms with Crippen LogP contribution in [0.2, 0.25) is 0 Å². The van der Waals surface area contributed by atoms with E-state index >= 15 is 0 Å². The lowest BCUT2D eigenvalue weighted by atomic mass is 9.69. The fourth-order valence-corrected chi connectivity index (χ4v) is 4.91. The van der Waals surface area contributed by atoms with Gasteiger partial charge in [-0.2, -0.15) is 0 Å². The summed E-state index contributed by atoms with van der Waals surface area (Å²) in [6, 6.07) is 0.779. The zero-order valence-electron chi connectivity index (χ0n) is 12.8. The van der Waals surface area contributed by atoms with Gasteiger partial charge in [0.1, 0.15) is 0 Å². The topological polar surface area (TPSA) is 24.1 Å². The standard InChI is InChI=1S/C16H30N2.ClH/c1-15(2)13-4-7-16(15,3)14(10-13)18-11-12-5-8-17-9-6-12;/h12-14,17-18H,4-11H2,1-3H3;1H. The van der Waals surface area contributed by atoms with Gasteiger partial charge < -0.3 is 10.6 Å². The summed E-state index contributed by atoms with van der Waals surface area (Å²) in [6.07, 6.45) is 7.06. The second-order valence-electron chi connectivity index (χ2n) is 7.76. The second-order valence-corrected chi connectivity index (χ2v) is 7.76. The fraction of sp³-hybridized carbons (Fsp3) is 1.00. The van der Waals surface area contributed by atoms with Crippen LogP contribution in [0.1, 0.15) is 52.9 Å². The maximum atomic E-state index is 3.95. The molecule has 0 spiro atoms. The molecule has 19 heavy (non-hydrogen) atoms. The highest BCUT2D eigenvalue weighted by Gasteiger charge is 2.60. The van der Waals surface area contributed by atoms with Gasteiger partial charge in [-0.05, 0) is 74.4 Å². The first kappa shape index (κ1) is 15.6. The molecule has 3 fully saturated rings. The van der Waals surface area contributed by atoms with Gasteiger partial charge in [-0.3, -0.25) is 0 Å². The lowest BCUT2D eigenvalue weighted by Crippen LogP contribution is -2.46. The Labute approximate surface area is 124 Å². The molecule has 3 aliphatic rings. The van der Waals surface area contributed by atoms with Gasteiger partial charge in [0.15, 0.2) is 0 Å². The largest absolute Gasteiger partial charge is 0.317 e. The fourth-order valence-electron chi connectivity index (χ4n) is 4.91. The quantitative estimate of drug-likeness (QED) is 0.832. The van der Waals surface area contributed by atoms with Crippen LogP contribution >= 0.6 is 12.4 Å². The van der Waals surface area contributed by atoms with Crippen molar-refractivity contribution < 1.29 is 0 Å². The zero-order chi connectivity index (χ0) is 12.8. The van der Waals surface area contributed by atoms with Crippen molar-refractivity contribution in [2.24, 2.45) is 22.7 Å². The number of hydrogen-bond donors (Lipinski definition) is 2. The van der Waals surface area contributed by atoms with E-state index in [1.807, 2.05) is 0 Å². The predicted molar refractivity (Wildman–Crippen MR) is 83.9 cm³/mol. The van der Waals surface area contributed by atoms with Crippen LogP contribution in [0.4, 0.5) is 0 Å². The van der Waals surface area contributed by atoms with Gasteiger partial charge in [0, 0.05) is 6.04 Å². The van der Waals surface area contributed by atoms with Crippen LogP contribution in [0.25, 0.3) is 0 Å². The third-order valence-electron chi connectivity index (χ3n) is 6.91. The smallest absolute Gasteiger partial charge is 0.0129 e. The second kappa shape index (κ2) is 5.54. The van der Waals surface area contributed by atoms with Crippen LogP contribution in [-0.2, 0) is 0 Å². The third-order valence-corrected chi connectivity index (χ3v) is 6.91. The number of nitrogens with one attached hydrogen (secondary N) is 2. The molecule has 112 valence electrons. The Morgan fingerprint density at radius 1 is 1.11 bits per heavy atom. The molecule has 0 aromatic carbocycles. The minimum atomic E-state index is 0. The summed E-state index contributed by atoms with van der Waals surface area (Å²) >= 11 is 0. The van der Waals surface area contributed by atoms with E-state index in [0.29, 0.717) is 10.8 Å². The van der Waals surface area contributed by atoms with Crippen molar-refractivity contribution in [2.45, 2.75) is 58.9 Å². The number of fused-ring (bicyclic) bond motifs is 2. The van der Waals surface area contributed by atoms with Gasteiger partial charge in [0.25, 0.3) is 0 Å². The van der Waals surface area contributed by atoms with E-state index in [-0.39, 0.29) is 12.4 Å². The summed E-state index contributed by atoms with van der Waals surface area (Å²) in [4.78, 5) is 0. The van der Waals surface area contributed by atoms with Gasteiger partial charge in [0.2, 0.25) is 0 Å². The lowest BCUT2D eigenvalue weighted by Gasteiger charge is -2.40. The van der Waals surface area contributed by atoms with E-state index in [4.69, 9.17) is 0 Å². The SMILES string of the molecule is CC1(C)C2CCC1(C)C(NCC1CCNCC1)C2.Cl. The normalized spacial score (nSPS) is 41.2. The molecule has 3 atom stereocenters. The first-order chi connectivity index (χ1) is 8.54. The Bertz CT molecular complexity index is 312. The molecule has 2 bridgehead atoms. The van der Waals surface area contributed by atoms with E-state index in [1.165, 1.54) is 51.7 Å². The summed E-state index contributed by atoms with van der Waals surface area (Å²) in [5.41, 5.74) is 1.10. The van der Waals surface area contributed by atoms with E-state index < -0.39 is 0 Å². The molecule has 2 nitrogen and oxygen atoms in total. The van der Waals surface area contributed by atoms with Crippen LogP contribution in [0.15, 0.2) is 0 Å². The average molecular weight is 287 g/mol. The molecule has 3 unspecified atom stereocenters. The predicted octanol–water partition coefficient (Wildman–Crippen LogP) is 3.21. The van der Waals surface area contributed by atoms with E-state index in [2.05, 4.69) is 31.4 Å².